The van der Waals surface area contributed by atoms with Crippen molar-refractivity contribution in [2.75, 3.05) is 6.54 Å². The number of aliphatic carboxylic acids is 1. The van der Waals surface area contributed by atoms with E-state index in [0.29, 0.717) is 18.3 Å². The number of rotatable bonds is 6. The largest absolute Gasteiger partial charge is 0.481 e. The molecule has 4 nitrogen and oxygen atoms in total. The van der Waals surface area contributed by atoms with Gasteiger partial charge in [-0.05, 0) is 11.8 Å². The summed E-state index contributed by atoms with van der Waals surface area (Å²) in [6, 6.07) is 0. The Balaban J connectivity index is 2.24. The summed E-state index contributed by atoms with van der Waals surface area (Å²) in [6.07, 6.45) is 6.89. The smallest absolute Gasteiger partial charge is 0.308 e. The maximum atomic E-state index is 11.7. The van der Waals surface area contributed by atoms with Crippen LogP contribution in [0.3, 0.4) is 0 Å². The van der Waals surface area contributed by atoms with Gasteiger partial charge in [0.25, 0.3) is 0 Å². The first-order valence-electron chi connectivity index (χ1n) is 7.00. The second-order valence-electron chi connectivity index (χ2n) is 5.62. The van der Waals surface area contributed by atoms with Crippen LogP contribution >= 0.6 is 0 Å². The summed E-state index contributed by atoms with van der Waals surface area (Å²) >= 11 is 0. The molecule has 104 valence electrons. The normalized spacial score (nSPS) is 20.1. The van der Waals surface area contributed by atoms with Crippen molar-refractivity contribution in [1.29, 1.82) is 0 Å². The third-order valence-corrected chi connectivity index (χ3v) is 3.99. The minimum Gasteiger partial charge on any atom is -0.481 e. The summed E-state index contributed by atoms with van der Waals surface area (Å²) in [7, 11) is 0. The van der Waals surface area contributed by atoms with E-state index in [2.05, 4.69) is 12.2 Å². The number of amides is 1. The van der Waals surface area contributed by atoms with Crippen molar-refractivity contribution in [3.63, 3.8) is 0 Å². The van der Waals surface area contributed by atoms with Crippen LogP contribution in [0.25, 0.3) is 0 Å². The molecule has 4 heteroatoms. The predicted molar refractivity (Wildman–Crippen MR) is 70.2 cm³/mol. The molecule has 0 aromatic rings. The van der Waals surface area contributed by atoms with E-state index in [-0.39, 0.29) is 12.5 Å². The Hall–Kier alpha value is -1.06. The lowest BCUT2D eigenvalue weighted by atomic mass is 9.79. The third-order valence-electron chi connectivity index (χ3n) is 3.99. The van der Waals surface area contributed by atoms with Gasteiger partial charge in [-0.2, -0.15) is 0 Å². The van der Waals surface area contributed by atoms with Crippen LogP contribution in [0.4, 0.5) is 0 Å². The number of hydrogen-bond donors (Lipinski definition) is 2. The fraction of sp³-hybridized carbons (Fsp3) is 0.857. The first kappa shape index (κ1) is 15.0. The molecule has 2 unspecified atom stereocenters. The van der Waals surface area contributed by atoms with Crippen LogP contribution < -0.4 is 5.32 Å². The van der Waals surface area contributed by atoms with Crippen molar-refractivity contribution in [2.45, 2.75) is 52.4 Å². The summed E-state index contributed by atoms with van der Waals surface area (Å²) < 4.78 is 0. The Kier molecular flexibility index (Phi) is 6.16. The lowest BCUT2D eigenvalue weighted by molar-refractivity contribution is -0.141. The van der Waals surface area contributed by atoms with Crippen LogP contribution in [0.5, 0.6) is 0 Å². The number of carboxylic acids is 1. The van der Waals surface area contributed by atoms with Gasteiger partial charge in [0.05, 0.1) is 5.92 Å². The molecule has 0 aliphatic heterocycles. The van der Waals surface area contributed by atoms with Gasteiger partial charge in [-0.15, -0.1) is 0 Å². The van der Waals surface area contributed by atoms with Crippen LogP contribution in [-0.2, 0) is 9.59 Å². The zero-order valence-corrected chi connectivity index (χ0v) is 11.4. The molecule has 0 aromatic heterocycles. The minimum absolute atomic E-state index is 0.0128. The van der Waals surface area contributed by atoms with Gasteiger partial charge in [0, 0.05) is 13.0 Å². The number of carboxylic acid groups (broad SMARTS) is 1. The van der Waals surface area contributed by atoms with E-state index in [1.807, 2.05) is 0 Å². The highest BCUT2D eigenvalue weighted by molar-refractivity contribution is 5.77. The number of nitrogens with one attached hydrogen (secondary N) is 1. The minimum atomic E-state index is -0.865. The van der Waals surface area contributed by atoms with Gasteiger partial charge in [0.15, 0.2) is 0 Å². The monoisotopic (exact) mass is 255 g/mol. The van der Waals surface area contributed by atoms with Crippen molar-refractivity contribution in [2.24, 2.45) is 17.8 Å². The van der Waals surface area contributed by atoms with Crippen molar-refractivity contribution >= 4 is 11.9 Å². The van der Waals surface area contributed by atoms with Crippen LogP contribution in [0.15, 0.2) is 0 Å². The molecule has 1 amide bonds. The maximum Gasteiger partial charge on any atom is 0.308 e. The molecule has 1 aliphatic rings. The van der Waals surface area contributed by atoms with Gasteiger partial charge in [-0.25, -0.2) is 0 Å². The van der Waals surface area contributed by atoms with E-state index in [0.717, 1.165) is 0 Å². The van der Waals surface area contributed by atoms with Crippen molar-refractivity contribution in [1.82, 2.24) is 5.32 Å². The van der Waals surface area contributed by atoms with Crippen LogP contribution in [0.2, 0.25) is 0 Å². The molecule has 0 heterocycles. The molecule has 2 atom stereocenters. The lowest BCUT2D eigenvalue weighted by Gasteiger charge is -2.27. The summed E-state index contributed by atoms with van der Waals surface area (Å²) in [5, 5.41) is 11.4. The van der Waals surface area contributed by atoms with E-state index in [9.17, 15) is 9.59 Å². The predicted octanol–water partition coefficient (Wildman–Crippen LogP) is 2.43. The topological polar surface area (TPSA) is 66.4 Å². The molecule has 0 spiro atoms. The second-order valence-corrected chi connectivity index (χ2v) is 5.62. The van der Waals surface area contributed by atoms with Crippen LogP contribution in [0, 0.1) is 17.8 Å². The molecule has 18 heavy (non-hydrogen) atoms. The molecule has 0 radical (unpaired) electrons. The first-order valence-corrected chi connectivity index (χ1v) is 7.00. The summed E-state index contributed by atoms with van der Waals surface area (Å²) in [4.78, 5) is 22.3. The Morgan fingerprint density at radius 1 is 1.22 bits per heavy atom. The average molecular weight is 255 g/mol. The summed E-state index contributed by atoms with van der Waals surface area (Å²) in [5.41, 5.74) is 0. The Morgan fingerprint density at radius 2 is 1.83 bits per heavy atom. The molecular weight excluding hydrogens is 230 g/mol. The van der Waals surface area contributed by atoms with Crippen molar-refractivity contribution in [3.05, 3.63) is 0 Å². The molecule has 1 saturated carbocycles. The number of carbonyl (C=O) groups is 2. The van der Waals surface area contributed by atoms with Gasteiger partial charge in [0.1, 0.15) is 0 Å². The maximum absolute atomic E-state index is 11.7. The highest BCUT2D eigenvalue weighted by Crippen LogP contribution is 2.31. The van der Waals surface area contributed by atoms with E-state index in [4.69, 9.17) is 5.11 Å². The van der Waals surface area contributed by atoms with Crippen LogP contribution in [0.1, 0.15) is 52.4 Å². The molecule has 1 fully saturated rings. The zero-order chi connectivity index (χ0) is 13.5. The standard InChI is InChI=1S/C14H25NO3/c1-10(12-6-4-3-5-7-12)8-13(16)15-9-11(2)14(17)18/h10-12H,3-9H2,1-2H3,(H,15,16)(H,17,18). The molecule has 0 saturated heterocycles. The first-order chi connectivity index (χ1) is 8.50. The van der Waals surface area contributed by atoms with E-state index < -0.39 is 11.9 Å². The lowest BCUT2D eigenvalue weighted by Crippen LogP contribution is -2.33. The second kappa shape index (κ2) is 7.39. The summed E-state index contributed by atoms with van der Waals surface area (Å²) in [6.45, 7) is 3.97. The van der Waals surface area contributed by atoms with Crippen molar-refractivity contribution < 1.29 is 14.7 Å². The number of carbonyl (C=O) groups excluding carboxylic acids is 1. The molecule has 1 aliphatic carbocycles. The SMILES string of the molecule is CC(CNC(=O)CC(C)C1CCCCC1)C(=O)O. The van der Waals surface area contributed by atoms with Gasteiger partial charge >= 0.3 is 5.97 Å². The van der Waals surface area contributed by atoms with Gasteiger partial charge in [-0.1, -0.05) is 46.0 Å². The third kappa shape index (κ3) is 5.07. The molecule has 0 bridgehead atoms. The van der Waals surface area contributed by atoms with E-state index >= 15 is 0 Å². The van der Waals surface area contributed by atoms with Crippen molar-refractivity contribution in [3.8, 4) is 0 Å². The Bertz CT molecular complexity index is 285. The van der Waals surface area contributed by atoms with Gasteiger partial charge in [0.2, 0.25) is 5.91 Å². The fourth-order valence-electron chi connectivity index (χ4n) is 2.59. The van der Waals surface area contributed by atoms with Gasteiger partial charge < -0.3 is 10.4 Å². The Labute approximate surface area is 109 Å². The van der Waals surface area contributed by atoms with E-state index in [1.165, 1.54) is 32.1 Å². The molecule has 1 rings (SSSR count). The van der Waals surface area contributed by atoms with Crippen LogP contribution in [-0.4, -0.2) is 23.5 Å². The average Bonchev–Trinajstić information content (AvgIpc) is 2.36. The van der Waals surface area contributed by atoms with Gasteiger partial charge in [-0.3, -0.25) is 9.59 Å². The molecular formula is C14H25NO3. The molecule has 0 aromatic carbocycles. The quantitative estimate of drug-likeness (QED) is 0.766. The Morgan fingerprint density at radius 3 is 2.39 bits per heavy atom. The zero-order valence-electron chi connectivity index (χ0n) is 11.4. The number of hydrogen-bond acceptors (Lipinski definition) is 2. The van der Waals surface area contributed by atoms with E-state index in [1.54, 1.807) is 6.92 Å². The highest BCUT2D eigenvalue weighted by Gasteiger charge is 2.22. The summed E-state index contributed by atoms with van der Waals surface area (Å²) in [5.74, 6) is -0.317. The highest BCUT2D eigenvalue weighted by atomic mass is 16.4. The fourth-order valence-corrected chi connectivity index (χ4v) is 2.59. The molecule has 2 N–H and O–H groups in total.